The molecule has 4 heteroatoms. The number of benzene rings is 1. The summed E-state index contributed by atoms with van der Waals surface area (Å²) in [5, 5.41) is 5.40. The van der Waals surface area contributed by atoms with Crippen molar-refractivity contribution in [2.45, 2.75) is 0 Å². The minimum atomic E-state index is 1.06. The average molecular weight is 327 g/mol. The zero-order valence-corrected chi connectivity index (χ0v) is 12.2. The van der Waals surface area contributed by atoms with Crippen LogP contribution in [-0.4, -0.2) is 37.3 Å². The molecule has 3 aromatic rings. The Hall–Kier alpha value is -1.36. The van der Waals surface area contributed by atoms with E-state index in [1.165, 1.54) is 37.1 Å². The van der Waals surface area contributed by atoms with E-state index in [4.69, 9.17) is 0 Å². The standard InChI is InChI=1S/C13H10N3.Sn/c1-16-13(6-8-15-16)11-4-5-12-10(9-11)3-2-7-14-12;/h2-3,5-9H,1H3;. The summed E-state index contributed by atoms with van der Waals surface area (Å²) in [7, 11) is 1.97. The van der Waals surface area contributed by atoms with Gasteiger partial charge in [0, 0.05) is 0 Å². The molecule has 0 N–H and O–H groups in total. The first-order chi connectivity index (χ1) is 8.25. The zero-order chi connectivity index (χ0) is 11.8. The average Bonchev–Trinajstić information content (AvgIpc) is 2.74. The van der Waals surface area contributed by atoms with Crippen molar-refractivity contribution in [3.8, 4) is 11.3 Å². The summed E-state index contributed by atoms with van der Waals surface area (Å²) < 4.78 is 3.22. The van der Waals surface area contributed by atoms with Gasteiger partial charge in [0.25, 0.3) is 0 Å². The fourth-order valence-corrected chi connectivity index (χ4v) is 2.93. The minimum absolute atomic E-state index is 1.06. The topological polar surface area (TPSA) is 30.7 Å². The summed E-state index contributed by atoms with van der Waals surface area (Å²) >= 11 is 1.40. The van der Waals surface area contributed by atoms with E-state index in [1.807, 2.05) is 36.3 Å². The van der Waals surface area contributed by atoms with Gasteiger partial charge in [-0.15, -0.1) is 0 Å². The van der Waals surface area contributed by atoms with Crippen LogP contribution in [0.4, 0.5) is 0 Å². The molecule has 0 fully saturated rings. The molecule has 2 heterocycles. The molecule has 0 amide bonds. The molecular formula is C13H10N3Sn. The molecule has 0 aliphatic rings. The summed E-state index contributed by atoms with van der Waals surface area (Å²) in [4.78, 5) is 4.38. The molecule has 2 aromatic heterocycles. The van der Waals surface area contributed by atoms with Crippen LogP contribution in [0, 0.1) is 0 Å². The number of fused-ring (bicyclic) bond motifs is 1. The number of hydrogen-bond acceptors (Lipinski definition) is 2. The van der Waals surface area contributed by atoms with Crippen LogP contribution in [0.2, 0.25) is 0 Å². The Bertz CT molecular complexity index is 688. The van der Waals surface area contributed by atoms with Crippen LogP contribution < -0.4 is 3.58 Å². The van der Waals surface area contributed by atoms with Gasteiger partial charge in [-0.25, -0.2) is 0 Å². The summed E-state index contributed by atoms with van der Waals surface area (Å²) in [6.45, 7) is 0. The number of pyridine rings is 1. The summed E-state index contributed by atoms with van der Waals surface area (Å²) in [5.74, 6) is 0. The van der Waals surface area contributed by atoms with Gasteiger partial charge in [-0.1, -0.05) is 0 Å². The molecule has 0 unspecified atom stereocenters. The maximum atomic E-state index is 4.38. The third-order valence-corrected chi connectivity index (χ3v) is 4.02. The Morgan fingerprint density at radius 1 is 1.18 bits per heavy atom. The van der Waals surface area contributed by atoms with E-state index in [0.717, 1.165) is 11.2 Å². The Labute approximate surface area is 113 Å². The number of hydrogen-bond donors (Lipinski definition) is 0. The molecule has 0 saturated carbocycles. The van der Waals surface area contributed by atoms with Crippen LogP contribution in [0.1, 0.15) is 0 Å². The van der Waals surface area contributed by atoms with Gasteiger partial charge in [-0.2, -0.15) is 0 Å². The van der Waals surface area contributed by atoms with Crippen LogP contribution in [-0.2, 0) is 7.05 Å². The molecule has 3 radical (unpaired) electrons. The molecule has 3 rings (SSSR count). The molecule has 0 saturated heterocycles. The van der Waals surface area contributed by atoms with Crippen molar-refractivity contribution in [1.82, 2.24) is 14.8 Å². The van der Waals surface area contributed by atoms with E-state index in [1.54, 1.807) is 0 Å². The summed E-state index contributed by atoms with van der Waals surface area (Å²) in [6.07, 6.45) is 3.67. The molecule has 0 bridgehead atoms. The van der Waals surface area contributed by atoms with E-state index in [2.05, 4.69) is 28.3 Å². The van der Waals surface area contributed by atoms with Crippen LogP contribution in [0.25, 0.3) is 22.2 Å². The first-order valence-corrected chi connectivity index (χ1v) is 6.77. The maximum absolute atomic E-state index is 4.38. The summed E-state index contributed by atoms with van der Waals surface area (Å²) in [5.41, 5.74) is 3.47. The molecule has 0 aliphatic heterocycles. The predicted molar refractivity (Wildman–Crippen MR) is 69.3 cm³/mol. The third-order valence-electron chi connectivity index (χ3n) is 2.84. The number of nitrogens with zero attached hydrogens (tertiary/aromatic N) is 3. The third kappa shape index (κ3) is 1.84. The monoisotopic (exact) mass is 328 g/mol. The first-order valence-electron chi connectivity index (χ1n) is 5.34. The number of rotatable bonds is 1. The van der Waals surface area contributed by atoms with Gasteiger partial charge < -0.3 is 0 Å². The molecule has 1 aromatic carbocycles. The second kappa shape index (κ2) is 4.14. The Kier molecular flexibility index (Phi) is 2.62. The van der Waals surface area contributed by atoms with Gasteiger partial charge in [-0.05, 0) is 0 Å². The number of aromatic nitrogens is 3. The fraction of sp³-hybridized carbons (Fsp3) is 0.0769. The SMILES string of the molecule is Cn1nccc1-c1cc2cccnc2c[c]1[Sn]. The zero-order valence-electron chi connectivity index (χ0n) is 9.38. The van der Waals surface area contributed by atoms with Crippen LogP contribution in [0.3, 0.4) is 0 Å². The predicted octanol–water partition coefficient (Wildman–Crippen LogP) is 1.43. The van der Waals surface area contributed by atoms with Crippen molar-refractivity contribution in [2.24, 2.45) is 7.05 Å². The fourth-order valence-electron chi connectivity index (χ4n) is 1.97. The van der Waals surface area contributed by atoms with E-state index in [-0.39, 0.29) is 0 Å². The molecule has 81 valence electrons. The normalized spacial score (nSPS) is 10.9. The van der Waals surface area contributed by atoms with Crippen molar-refractivity contribution < 1.29 is 0 Å². The van der Waals surface area contributed by atoms with Crippen LogP contribution in [0.5, 0.6) is 0 Å². The molecular weight excluding hydrogens is 317 g/mol. The molecule has 0 aliphatic carbocycles. The second-order valence-corrected chi connectivity index (χ2v) is 5.47. The van der Waals surface area contributed by atoms with E-state index >= 15 is 0 Å². The van der Waals surface area contributed by atoms with E-state index in [9.17, 15) is 0 Å². The Morgan fingerprint density at radius 3 is 2.82 bits per heavy atom. The van der Waals surface area contributed by atoms with Crippen LogP contribution in [0.15, 0.2) is 42.7 Å². The van der Waals surface area contributed by atoms with E-state index < -0.39 is 0 Å². The van der Waals surface area contributed by atoms with Crippen LogP contribution >= 0.6 is 0 Å². The molecule has 17 heavy (non-hydrogen) atoms. The molecule has 0 atom stereocenters. The van der Waals surface area contributed by atoms with Crippen molar-refractivity contribution in [1.29, 1.82) is 0 Å². The first kappa shape index (κ1) is 10.8. The van der Waals surface area contributed by atoms with Crippen molar-refractivity contribution >= 4 is 37.0 Å². The number of aryl methyl sites for hydroxylation is 1. The van der Waals surface area contributed by atoms with Gasteiger partial charge in [0.1, 0.15) is 0 Å². The van der Waals surface area contributed by atoms with Gasteiger partial charge in [0.2, 0.25) is 0 Å². The van der Waals surface area contributed by atoms with E-state index in [0.29, 0.717) is 0 Å². The van der Waals surface area contributed by atoms with Gasteiger partial charge in [0.15, 0.2) is 0 Å². The van der Waals surface area contributed by atoms with Crippen molar-refractivity contribution in [3.05, 3.63) is 42.7 Å². The second-order valence-electron chi connectivity index (χ2n) is 3.93. The van der Waals surface area contributed by atoms with Gasteiger partial charge >= 0.3 is 113 Å². The van der Waals surface area contributed by atoms with Gasteiger partial charge in [-0.3, -0.25) is 0 Å². The van der Waals surface area contributed by atoms with Crippen molar-refractivity contribution in [2.75, 3.05) is 0 Å². The molecule has 0 spiro atoms. The summed E-state index contributed by atoms with van der Waals surface area (Å²) in [6, 6.07) is 10.5. The quantitative estimate of drug-likeness (QED) is 0.633. The van der Waals surface area contributed by atoms with Crippen molar-refractivity contribution in [3.63, 3.8) is 0 Å². The Morgan fingerprint density at radius 2 is 2.06 bits per heavy atom. The van der Waals surface area contributed by atoms with Gasteiger partial charge in [0.05, 0.1) is 0 Å². The molecule has 3 nitrogen and oxygen atoms in total. The Balaban J connectivity index is 2.30.